The van der Waals surface area contributed by atoms with Crippen LogP contribution in [-0.2, 0) is 4.79 Å². The summed E-state index contributed by atoms with van der Waals surface area (Å²) in [6.07, 6.45) is 1.21. The molecule has 0 atom stereocenters. The first kappa shape index (κ1) is 8.36. The SMILES string of the molecule is O=C(CCl)Nc1nocc1Cl. The van der Waals surface area contributed by atoms with E-state index in [9.17, 15) is 4.79 Å². The minimum Gasteiger partial charge on any atom is -0.361 e. The van der Waals surface area contributed by atoms with E-state index in [1.807, 2.05) is 0 Å². The Labute approximate surface area is 72.4 Å². The Bertz CT molecular complexity index is 261. The summed E-state index contributed by atoms with van der Waals surface area (Å²) in [7, 11) is 0. The van der Waals surface area contributed by atoms with Gasteiger partial charge >= 0.3 is 0 Å². The normalized spacial score (nSPS) is 9.64. The van der Waals surface area contributed by atoms with Gasteiger partial charge in [0.05, 0.1) is 0 Å². The predicted octanol–water partition coefficient (Wildman–Crippen LogP) is 1.51. The first-order valence-electron chi connectivity index (χ1n) is 2.69. The molecular formula is C5H4Cl2N2O2. The summed E-state index contributed by atoms with van der Waals surface area (Å²) >= 11 is 10.7. The van der Waals surface area contributed by atoms with Crippen LogP contribution >= 0.6 is 23.2 Å². The smallest absolute Gasteiger partial charge is 0.240 e. The molecule has 1 amide bonds. The van der Waals surface area contributed by atoms with Crippen molar-refractivity contribution >= 4 is 34.9 Å². The van der Waals surface area contributed by atoms with E-state index in [2.05, 4.69) is 15.0 Å². The number of nitrogens with one attached hydrogen (secondary N) is 1. The number of carbonyl (C=O) groups excluding carboxylic acids is 1. The number of rotatable bonds is 2. The second-order valence-electron chi connectivity index (χ2n) is 1.69. The average molecular weight is 195 g/mol. The Morgan fingerprint density at radius 2 is 2.55 bits per heavy atom. The number of aromatic nitrogens is 1. The molecular weight excluding hydrogens is 191 g/mol. The number of halogens is 2. The summed E-state index contributed by atoms with van der Waals surface area (Å²) in [5.41, 5.74) is 0. The highest BCUT2D eigenvalue weighted by molar-refractivity contribution is 6.34. The molecule has 0 aliphatic carbocycles. The van der Waals surface area contributed by atoms with Gasteiger partial charge in [0, 0.05) is 0 Å². The molecule has 1 rings (SSSR count). The zero-order chi connectivity index (χ0) is 8.27. The first-order valence-corrected chi connectivity index (χ1v) is 3.61. The monoisotopic (exact) mass is 194 g/mol. The van der Waals surface area contributed by atoms with Crippen LogP contribution in [0.25, 0.3) is 0 Å². The lowest BCUT2D eigenvalue weighted by Crippen LogP contribution is -2.12. The Kier molecular flexibility index (Phi) is 2.73. The molecule has 11 heavy (non-hydrogen) atoms. The number of anilines is 1. The third kappa shape index (κ3) is 2.10. The molecule has 4 nitrogen and oxygen atoms in total. The fourth-order valence-electron chi connectivity index (χ4n) is 0.473. The Hall–Kier alpha value is -0.740. The fraction of sp³-hybridized carbons (Fsp3) is 0.200. The van der Waals surface area contributed by atoms with Crippen LogP contribution in [0.1, 0.15) is 0 Å². The number of amides is 1. The maximum Gasteiger partial charge on any atom is 0.240 e. The van der Waals surface area contributed by atoms with Gasteiger partial charge in [0.25, 0.3) is 0 Å². The van der Waals surface area contributed by atoms with Crippen LogP contribution in [-0.4, -0.2) is 16.9 Å². The van der Waals surface area contributed by atoms with E-state index < -0.39 is 0 Å². The van der Waals surface area contributed by atoms with E-state index >= 15 is 0 Å². The van der Waals surface area contributed by atoms with Crippen LogP contribution in [0.15, 0.2) is 10.8 Å². The molecule has 1 aromatic rings. The van der Waals surface area contributed by atoms with Gasteiger partial charge in [-0.2, -0.15) is 0 Å². The lowest BCUT2D eigenvalue weighted by molar-refractivity contribution is -0.114. The van der Waals surface area contributed by atoms with Gasteiger partial charge in [-0.15, -0.1) is 11.6 Å². The molecule has 0 unspecified atom stereocenters. The van der Waals surface area contributed by atoms with Gasteiger partial charge in [0.15, 0.2) is 5.82 Å². The molecule has 60 valence electrons. The second-order valence-corrected chi connectivity index (χ2v) is 2.37. The van der Waals surface area contributed by atoms with Crippen LogP contribution in [0.4, 0.5) is 5.82 Å². The molecule has 0 saturated carbocycles. The summed E-state index contributed by atoms with van der Waals surface area (Å²) in [5.74, 6) is -0.316. The summed E-state index contributed by atoms with van der Waals surface area (Å²) in [6, 6.07) is 0. The van der Waals surface area contributed by atoms with Gasteiger partial charge in [-0.25, -0.2) is 0 Å². The number of hydrogen-bond acceptors (Lipinski definition) is 3. The molecule has 6 heteroatoms. The van der Waals surface area contributed by atoms with Gasteiger partial charge in [0.1, 0.15) is 17.2 Å². The first-order chi connectivity index (χ1) is 5.24. The molecule has 1 N–H and O–H groups in total. The van der Waals surface area contributed by atoms with Crippen molar-refractivity contribution in [3.63, 3.8) is 0 Å². The van der Waals surface area contributed by atoms with Crippen molar-refractivity contribution in [2.75, 3.05) is 11.2 Å². The highest BCUT2D eigenvalue weighted by Crippen LogP contribution is 2.18. The molecule has 0 bridgehead atoms. The summed E-state index contributed by atoms with van der Waals surface area (Å²) in [4.78, 5) is 10.6. The molecule has 0 fully saturated rings. The Morgan fingerprint density at radius 3 is 3.00 bits per heavy atom. The maximum absolute atomic E-state index is 10.6. The second kappa shape index (κ2) is 3.59. The molecule has 0 aromatic carbocycles. The van der Waals surface area contributed by atoms with Crippen LogP contribution < -0.4 is 5.32 Å². The zero-order valence-electron chi connectivity index (χ0n) is 5.30. The minimum absolute atomic E-state index is 0.136. The van der Waals surface area contributed by atoms with Gasteiger partial charge < -0.3 is 9.84 Å². The number of alkyl halides is 1. The molecule has 0 spiro atoms. The lowest BCUT2D eigenvalue weighted by Gasteiger charge is -1.95. The summed E-state index contributed by atoms with van der Waals surface area (Å²) in [5, 5.41) is 5.99. The van der Waals surface area contributed by atoms with Crippen molar-refractivity contribution in [3.05, 3.63) is 11.3 Å². The van der Waals surface area contributed by atoms with Crippen LogP contribution in [0, 0.1) is 0 Å². The molecule has 0 radical (unpaired) electrons. The Morgan fingerprint density at radius 1 is 1.82 bits per heavy atom. The lowest BCUT2D eigenvalue weighted by atomic mass is 10.6. The zero-order valence-corrected chi connectivity index (χ0v) is 6.82. The van der Waals surface area contributed by atoms with Crippen molar-refractivity contribution in [1.29, 1.82) is 0 Å². The molecule has 0 saturated heterocycles. The van der Waals surface area contributed by atoms with E-state index in [4.69, 9.17) is 23.2 Å². The number of nitrogens with zero attached hydrogens (tertiary/aromatic N) is 1. The Balaban J connectivity index is 2.64. The molecule has 0 aliphatic rings. The van der Waals surface area contributed by atoms with Crippen molar-refractivity contribution in [2.24, 2.45) is 0 Å². The number of carbonyl (C=O) groups is 1. The average Bonchev–Trinajstić information content (AvgIpc) is 2.37. The van der Waals surface area contributed by atoms with E-state index in [1.54, 1.807) is 0 Å². The summed E-state index contributed by atoms with van der Waals surface area (Å²) < 4.78 is 4.45. The minimum atomic E-state index is -0.373. The van der Waals surface area contributed by atoms with E-state index in [-0.39, 0.29) is 22.6 Å². The van der Waals surface area contributed by atoms with Crippen molar-refractivity contribution in [1.82, 2.24) is 5.16 Å². The van der Waals surface area contributed by atoms with Crippen molar-refractivity contribution < 1.29 is 9.32 Å². The largest absolute Gasteiger partial charge is 0.361 e. The standard InChI is InChI=1S/C5H4Cl2N2O2/c6-1-4(10)8-5-3(7)2-11-9-5/h2H,1H2,(H,8,9,10). The van der Waals surface area contributed by atoms with Crippen LogP contribution in [0.3, 0.4) is 0 Å². The quantitative estimate of drug-likeness (QED) is 0.727. The highest BCUT2D eigenvalue weighted by Gasteiger charge is 2.07. The summed E-state index contributed by atoms with van der Waals surface area (Å²) in [6.45, 7) is 0. The van der Waals surface area contributed by atoms with E-state index in [0.29, 0.717) is 0 Å². The highest BCUT2D eigenvalue weighted by atomic mass is 35.5. The topological polar surface area (TPSA) is 55.1 Å². The van der Waals surface area contributed by atoms with Gasteiger partial charge in [0.2, 0.25) is 5.91 Å². The number of hydrogen-bond donors (Lipinski definition) is 1. The van der Waals surface area contributed by atoms with Crippen LogP contribution in [0.2, 0.25) is 5.02 Å². The van der Waals surface area contributed by atoms with E-state index in [0.717, 1.165) is 0 Å². The van der Waals surface area contributed by atoms with Crippen molar-refractivity contribution in [2.45, 2.75) is 0 Å². The van der Waals surface area contributed by atoms with Gasteiger partial charge in [-0.3, -0.25) is 4.79 Å². The third-order valence-corrected chi connectivity index (χ3v) is 1.42. The molecule has 1 aromatic heterocycles. The predicted molar refractivity (Wildman–Crippen MR) is 40.9 cm³/mol. The van der Waals surface area contributed by atoms with Gasteiger partial charge in [-0.1, -0.05) is 16.8 Å². The third-order valence-electron chi connectivity index (χ3n) is 0.906. The van der Waals surface area contributed by atoms with Gasteiger partial charge in [-0.05, 0) is 0 Å². The maximum atomic E-state index is 10.6. The van der Waals surface area contributed by atoms with Crippen LogP contribution in [0.5, 0.6) is 0 Å². The van der Waals surface area contributed by atoms with Crippen molar-refractivity contribution in [3.8, 4) is 0 Å². The fourth-order valence-corrected chi connectivity index (χ4v) is 0.661. The molecule has 1 heterocycles. The van der Waals surface area contributed by atoms with E-state index in [1.165, 1.54) is 6.26 Å². The molecule has 0 aliphatic heterocycles.